The van der Waals surface area contributed by atoms with E-state index in [2.05, 4.69) is 64.2 Å². The second-order valence-electron chi connectivity index (χ2n) is 5.77. The summed E-state index contributed by atoms with van der Waals surface area (Å²) < 4.78 is 2.00. The molecule has 2 heterocycles. The van der Waals surface area contributed by atoms with Gasteiger partial charge in [-0.3, -0.25) is 0 Å². The van der Waals surface area contributed by atoms with E-state index in [1.165, 1.54) is 0 Å². The van der Waals surface area contributed by atoms with Gasteiger partial charge in [-0.15, -0.1) is 0 Å². The van der Waals surface area contributed by atoms with Crippen molar-refractivity contribution in [3.63, 3.8) is 0 Å². The van der Waals surface area contributed by atoms with Crippen LogP contribution in [0.15, 0.2) is 78.3 Å². The van der Waals surface area contributed by atoms with Gasteiger partial charge in [0.2, 0.25) is 0 Å². The molecular weight excluding hydrogens is 308 g/mol. The Morgan fingerprint density at radius 3 is 2.84 bits per heavy atom. The molecule has 0 bridgehead atoms. The van der Waals surface area contributed by atoms with E-state index in [4.69, 9.17) is 0 Å². The Kier molecular flexibility index (Phi) is 3.78. The SMILES string of the molecule is C=Nc1[nH]c2ccccc2c1/C(=C\C)c1cccc(-n2ccnc2)c1. The number of imidazole rings is 1. The number of rotatable bonds is 4. The summed E-state index contributed by atoms with van der Waals surface area (Å²) in [7, 11) is 0. The fraction of sp³-hybridized carbons (Fsp3) is 0.0476. The van der Waals surface area contributed by atoms with Gasteiger partial charge >= 0.3 is 0 Å². The predicted octanol–water partition coefficient (Wildman–Crippen LogP) is 5.14. The van der Waals surface area contributed by atoms with Gasteiger partial charge in [0.25, 0.3) is 0 Å². The number of H-pyrrole nitrogens is 1. The van der Waals surface area contributed by atoms with Gasteiger partial charge in [0, 0.05) is 34.5 Å². The highest BCUT2D eigenvalue weighted by Gasteiger charge is 2.16. The highest BCUT2D eigenvalue weighted by molar-refractivity contribution is 6.02. The summed E-state index contributed by atoms with van der Waals surface area (Å²) >= 11 is 0. The Bertz CT molecular complexity index is 1070. The molecule has 0 radical (unpaired) electrons. The number of hydrogen-bond donors (Lipinski definition) is 1. The van der Waals surface area contributed by atoms with Crippen LogP contribution < -0.4 is 0 Å². The normalized spacial score (nSPS) is 11.8. The molecule has 0 spiro atoms. The first kappa shape index (κ1) is 15.1. The third kappa shape index (κ3) is 2.58. The smallest absolute Gasteiger partial charge is 0.138 e. The van der Waals surface area contributed by atoms with E-state index in [9.17, 15) is 0 Å². The highest BCUT2D eigenvalue weighted by atomic mass is 15.0. The lowest BCUT2D eigenvalue weighted by molar-refractivity contribution is 1.06. The number of nitrogens with one attached hydrogen (secondary N) is 1. The summed E-state index contributed by atoms with van der Waals surface area (Å²) in [5.74, 6) is 0.794. The predicted molar refractivity (Wildman–Crippen MR) is 104 cm³/mol. The second-order valence-corrected chi connectivity index (χ2v) is 5.77. The molecule has 0 saturated heterocycles. The molecule has 0 fully saturated rings. The Labute approximate surface area is 146 Å². The van der Waals surface area contributed by atoms with Crippen molar-refractivity contribution in [1.29, 1.82) is 0 Å². The molecule has 0 aliphatic rings. The van der Waals surface area contributed by atoms with Crippen LogP contribution in [0.25, 0.3) is 22.2 Å². The summed E-state index contributed by atoms with van der Waals surface area (Å²) in [6.45, 7) is 5.78. The second kappa shape index (κ2) is 6.24. The van der Waals surface area contributed by atoms with E-state index in [-0.39, 0.29) is 0 Å². The monoisotopic (exact) mass is 326 g/mol. The summed E-state index contributed by atoms with van der Waals surface area (Å²) in [6.07, 6.45) is 7.65. The first-order valence-corrected chi connectivity index (χ1v) is 8.14. The van der Waals surface area contributed by atoms with Gasteiger partial charge in [-0.05, 0) is 43.0 Å². The average Bonchev–Trinajstić information content (AvgIpc) is 3.31. The molecule has 122 valence electrons. The van der Waals surface area contributed by atoms with Gasteiger partial charge in [0.05, 0.1) is 6.33 Å². The molecule has 1 N–H and O–H groups in total. The number of fused-ring (bicyclic) bond motifs is 1. The van der Waals surface area contributed by atoms with Crippen LogP contribution in [-0.2, 0) is 0 Å². The standard InChI is InChI=1S/C21H18N4/c1-3-17(15-7-6-8-16(13-15)25-12-11-23-14-25)20-18-9-4-5-10-19(18)24-21(20)22-2/h3-14,24H,2H2,1H3/b17-3-. The number of aromatic nitrogens is 3. The van der Waals surface area contributed by atoms with Crippen LogP contribution in [0.5, 0.6) is 0 Å². The van der Waals surface area contributed by atoms with Crippen LogP contribution in [0, 0.1) is 0 Å². The topological polar surface area (TPSA) is 46.0 Å². The molecule has 4 rings (SSSR count). The Hall–Kier alpha value is -3.40. The van der Waals surface area contributed by atoms with Gasteiger partial charge in [-0.1, -0.05) is 36.4 Å². The molecule has 2 aromatic heterocycles. The first-order valence-electron chi connectivity index (χ1n) is 8.14. The van der Waals surface area contributed by atoms with E-state index in [0.717, 1.165) is 39.1 Å². The zero-order valence-electron chi connectivity index (χ0n) is 14.0. The van der Waals surface area contributed by atoms with E-state index in [1.807, 2.05) is 29.8 Å². The van der Waals surface area contributed by atoms with E-state index in [0.29, 0.717) is 0 Å². The van der Waals surface area contributed by atoms with Crippen molar-refractivity contribution < 1.29 is 0 Å². The number of aromatic amines is 1. The summed E-state index contributed by atoms with van der Waals surface area (Å²) in [5, 5.41) is 1.14. The van der Waals surface area contributed by atoms with Crippen molar-refractivity contribution in [3.8, 4) is 5.69 Å². The Balaban J connectivity index is 1.90. The number of allylic oxidation sites excluding steroid dienone is 1. The highest BCUT2D eigenvalue weighted by Crippen LogP contribution is 2.37. The van der Waals surface area contributed by atoms with Gasteiger partial charge in [0.1, 0.15) is 5.82 Å². The molecule has 0 unspecified atom stereocenters. The van der Waals surface area contributed by atoms with Gasteiger partial charge in [-0.2, -0.15) is 0 Å². The van der Waals surface area contributed by atoms with Gasteiger partial charge < -0.3 is 9.55 Å². The summed E-state index contributed by atoms with van der Waals surface area (Å²) in [6, 6.07) is 16.6. The number of hydrogen-bond acceptors (Lipinski definition) is 2. The van der Waals surface area contributed by atoms with Crippen LogP contribution in [0.1, 0.15) is 18.1 Å². The lowest BCUT2D eigenvalue weighted by Crippen LogP contribution is -1.93. The quantitative estimate of drug-likeness (QED) is 0.519. The molecule has 4 heteroatoms. The maximum absolute atomic E-state index is 4.21. The maximum atomic E-state index is 4.21. The average molecular weight is 326 g/mol. The van der Waals surface area contributed by atoms with Crippen molar-refractivity contribution in [2.24, 2.45) is 4.99 Å². The van der Waals surface area contributed by atoms with Crippen LogP contribution in [0.3, 0.4) is 0 Å². The molecule has 0 amide bonds. The van der Waals surface area contributed by atoms with Crippen LogP contribution in [-0.4, -0.2) is 21.3 Å². The number of para-hydroxylation sites is 1. The van der Waals surface area contributed by atoms with Crippen molar-refractivity contribution in [2.45, 2.75) is 6.92 Å². The molecule has 0 aliphatic carbocycles. The largest absolute Gasteiger partial charge is 0.339 e. The summed E-state index contributed by atoms with van der Waals surface area (Å²) in [4.78, 5) is 11.7. The molecular formula is C21H18N4. The molecule has 0 saturated carbocycles. The minimum absolute atomic E-state index is 0.794. The number of benzene rings is 2. The zero-order valence-corrected chi connectivity index (χ0v) is 14.0. The van der Waals surface area contributed by atoms with Crippen LogP contribution in [0.2, 0.25) is 0 Å². The fourth-order valence-electron chi connectivity index (χ4n) is 3.22. The minimum atomic E-state index is 0.794. The maximum Gasteiger partial charge on any atom is 0.138 e. The van der Waals surface area contributed by atoms with Gasteiger partial charge in [-0.25, -0.2) is 9.98 Å². The minimum Gasteiger partial charge on any atom is -0.339 e. The Morgan fingerprint density at radius 2 is 2.08 bits per heavy atom. The van der Waals surface area contributed by atoms with Crippen molar-refractivity contribution in [1.82, 2.24) is 14.5 Å². The molecule has 0 atom stereocenters. The molecule has 2 aromatic carbocycles. The number of nitrogens with zero attached hydrogens (tertiary/aromatic N) is 3. The Morgan fingerprint density at radius 1 is 1.20 bits per heavy atom. The lowest BCUT2D eigenvalue weighted by atomic mass is 9.96. The molecule has 4 aromatic rings. The fourth-order valence-corrected chi connectivity index (χ4v) is 3.22. The van der Waals surface area contributed by atoms with E-state index >= 15 is 0 Å². The van der Waals surface area contributed by atoms with Crippen molar-refractivity contribution in [2.75, 3.05) is 0 Å². The molecule has 25 heavy (non-hydrogen) atoms. The summed E-state index contributed by atoms with van der Waals surface area (Å²) in [5.41, 5.74) is 5.47. The van der Waals surface area contributed by atoms with E-state index in [1.54, 1.807) is 12.5 Å². The molecule has 4 nitrogen and oxygen atoms in total. The lowest BCUT2D eigenvalue weighted by Gasteiger charge is -2.11. The van der Waals surface area contributed by atoms with Gasteiger partial charge in [0.15, 0.2) is 0 Å². The third-order valence-electron chi connectivity index (χ3n) is 4.36. The van der Waals surface area contributed by atoms with Crippen molar-refractivity contribution >= 4 is 29.0 Å². The molecule has 0 aliphatic heterocycles. The zero-order chi connectivity index (χ0) is 17.2. The number of aliphatic imine (C=N–C) groups is 1. The van der Waals surface area contributed by atoms with Crippen LogP contribution in [0.4, 0.5) is 5.82 Å². The van der Waals surface area contributed by atoms with Crippen molar-refractivity contribution in [3.05, 3.63) is 84.5 Å². The first-order chi connectivity index (χ1) is 12.3. The third-order valence-corrected chi connectivity index (χ3v) is 4.36. The van der Waals surface area contributed by atoms with Crippen LogP contribution >= 0.6 is 0 Å². The van der Waals surface area contributed by atoms with E-state index < -0.39 is 0 Å².